The number of ether oxygens (including phenoxy) is 2. The first-order valence-corrected chi connectivity index (χ1v) is 9.56. The minimum Gasteiger partial charge on any atom is -0.477 e. The van der Waals surface area contributed by atoms with Gasteiger partial charge in [-0.1, -0.05) is 18.7 Å². The Hall–Kier alpha value is -2.65. The smallest absolute Gasteiger partial charge is 0.410 e. The van der Waals surface area contributed by atoms with Crippen LogP contribution in [0.4, 0.5) is 4.79 Å². The van der Waals surface area contributed by atoms with Crippen LogP contribution in [0.1, 0.15) is 20.3 Å². The molecule has 2 fully saturated rings. The number of hydrogen-bond donors (Lipinski definition) is 2. The minimum absolute atomic E-state index is 0.0526. The second-order valence-electron chi connectivity index (χ2n) is 7.43. The molecule has 0 aliphatic carbocycles. The maximum Gasteiger partial charge on any atom is 0.410 e. The summed E-state index contributed by atoms with van der Waals surface area (Å²) >= 11 is 0. The van der Waals surface area contributed by atoms with E-state index in [0.29, 0.717) is 30.7 Å². The Bertz CT molecular complexity index is 786. The van der Waals surface area contributed by atoms with Crippen molar-refractivity contribution >= 4 is 18.0 Å². The van der Waals surface area contributed by atoms with Crippen molar-refractivity contribution in [3.8, 4) is 0 Å². The Balaban J connectivity index is 1.86. The molecule has 0 aromatic heterocycles. The van der Waals surface area contributed by atoms with Crippen molar-refractivity contribution in [1.29, 1.82) is 0 Å². The molecule has 3 aliphatic heterocycles. The summed E-state index contributed by atoms with van der Waals surface area (Å²) in [6, 6.07) is -0.775. The third-order valence-electron chi connectivity index (χ3n) is 5.57. The van der Waals surface area contributed by atoms with E-state index < -0.39 is 30.1 Å². The number of β-lactam (4-membered cyclic amide) rings is 1. The Labute approximate surface area is 168 Å². The average Bonchev–Trinajstić information content (AvgIpc) is 3.01. The standard InChI is InChI=1S/C20H26N2O7/c1-4-6-29-20(27)21-5-7-28-10-13(21)8-11(2)14-9-15-16(12(3)23)18(24)22(15)17(14)19(25)26/h4,8,12-13,15-16,23H,1,5-7,9-10H2,2-3H3,(H,25,26)/b11-8+/t12-,13-,15-,16-/m1/s1. The van der Waals surface area contributed by atoms with Crippen molar-refractivity contribution in [3.63, 3.8) is 0 Å². The van der Waals surface area contributed by atoms with Crippen LogP contribution in [-0.2, 0) is 19.1 Å². The molecule has 0 aromatic carbocycles. The molecule has 2 saturated heterocycles. The molecule has 0 aromatic rings. The number of aliphatic hydroxyl groups is 1. The summed E-state index contributed by atoms with van der Waals surface area (Å²) in [4.78, 5) is 39.3. The second-order valence-corrected chi connectivity index (χ2v) is 7.43. The molecule has 2 amide bonds. The summed E-state index contributed by atoms with van der Waals surface area (Å²) in [6.07, 6.45) is 2.27. The molecule has 4 atom stereocenters. The van der Waals surface area contributed by atoms with E-state index in [1.54, 1.807) is 13.0 Å². The van der Waals surface area contributed by atoms with Crippen LogP contribution in [0.3, 0.4) is 0 Å². The Morgan fingerprint density at radius 3 is 2.79 bits per heavy atom. The molecule has 3 heterocycles. The lowest BCUT2D eigenvalue weighted by Crippen LogP contribution is -2.61. The fourth-order valence-corrected chi connectivity index (χ4v) is 4.21. The van der Waals surface area contributed by atoms with E-state index >= 15 is 0 Å². The fourth-order valence-electron chi connectivity index (χ4n) is 4.21. The predicted molar refractivity (Wildman–Crippen MR) is 102 cm³/mol. The first kappa shape index (κ1) is 21.1. The highest BCUT2D eigenvalue weighted by molar-refractivity contribution is 6.00. The van der Waals surface area contributed by atoms with Gasteiger partial charge >= 0.3 is 12.1 Å². The zero-order valence-corrected chi connectivity index (χ0v) is 16.5. The molecule has 0 unspecified atom stereocenters. The van der Waals surface area contributed by atoms with Gasteiger partial charge in [-0.3, -0.25) is 9.69 Å². The van der Waals surface area contributed by atoms with E-state index in [1.807, 2.05) is 0 Å². The van der Waals surface area contributed by atoms with Gasteiger partial charge in [0.25, 0.3) is 0 Å². The number of carboxylic acids is 1. The van der Waals surface area contributed by atoms with Crippen LogP contribution in [0.15, 0.2) is 35.6 Å². The van der Waals surface area contributed by atoms with Crippen LogP contribution in [0, 0.1) is 5.92 Å². The number of morpholine rings is 1. The molecule has 9 heteroatoms. The minimum atomic E-state index is -1.19. The number of fused-ring (bicyclic) bond motifs is 1. The van der Waals surface area contributed by atoms with Crippen LogP contribution in [0.5, 0.6) is 0 Å². The molecule has 0 radical (unpaired) electrons. The first-order chi connectivity index (χ1) is 13.8. The lowest BCUT2D eigenvalue weighted by atomic mass is 9.82. The summed E-state index contributed by atoms with van der Waals surface area (Å²) in [5.41, 5.74) is 1.14. The number of rotatable bonds is 6. The number of carbonyl (C=O) groups is 3. The van der Waals surface area contributed by atoms with Gasteiger partial charge in [-0.2, -0.15) is 0 Å². The molecule has 0 spiro atoms. The predicted octanol–water partition coefficient (Wildman–Crippen LogP) is 0.906. The first-order valence-electron chi connectivity index (χ1n) is 9.56. The van der Waals surface area contributed by atoms with Gasteiger partial charge in [0.05, 0.1) is 37.3 Å². The molecular formula is C20H26N2O7. The van der Waals surface area contributed by atoms with Crippen molar-refractivity contribution in [3.05, 3.63) is 35.6 Å². The number of carbonyl (C=O) groups excluding carboxylic acids is 2. The van der Waals surface area contributed by atoms with E-state index in [0.717, 1.165) is 0 Å². The number of amides is 2. The van der Waals surface area contributed by atoms with Gasteiger partial charge in [0, 0.05) is 6.54 Å². The normalized spacial score (nSPS) is 28.0. The molecule has 0 saturated carbocycles. The largest absolute Gasteiger partial charge is 0.477 e. The summed E-state index contributed by atoms with van der Waals surface area (Å²) in [7, 11) is 0. The van der Waals surface area contributed by atoms with Gasteiger partial charge in [0.1, 0.15) is 12.3 Å². The average molecular weight is 406 g/mol. The number of nitrogens with zero attached hydrogens (tertiary/aromatic N) is 2. The number of aliphatic carboxylic acids is 1. The van der Waals surface area contributed by atoms with Crippen LogP contribution >= 0.6 is 0 Å². The van der Waals surface area contributed by atoms with Gasteiger partial charge in [-0.15, -0.1) is 0 Å². The van der Waals surface area contributed by atoms with Crippen molar-refractivity contribution < 1.29 is 34.1 Å². The lowest BCUT2D eigenvalue weighted by molar-refractivity contribution is -0.161. The summed E-state index contributed by atoms with van der Waals surface area (Å²) in [5, 5.41) is 19.5. The van der Waals surface area contributed by atoms with Gasteiger partial charge in [-0.25, -0.2) is 9.59 Å². The fraction of sp³-hybridized carbons (Fsp3) is 0.550. The number of allylic oxidation sites excluding steroid dienone is 1. The van der Waals surface area contributed by atoms with Gasteiger partial charge in [0.15, 0.2) is 0 Å². The summed E-state index contributed by atoms with van der Waals surface area (Å²) in [5.74, 6) is -2.16. The maximum atomic E-state index is 12.4. The zero-order chi connectivity index (χ0) is 21.3. The van der Waals surface area contributed by atoms with Crippen molar-refractivity contribution in [2.24, 2.45) is 5.92 Å². The van der Waals surface area contributed by atoms with E-state index in [4.69, 9.17) is 9.47 Å². The van der Waals surface area contributed by atoms with Gasteiger partial charge < -0.3 is 24.6 Å². The molecule has 0 bridgehead atoms. The zero-order valence-electron chi connectivity index (χ0n) is 16.5. The highest BCUT2D eigenvalue weighted by Gasteiger charge is 2.56. The highest BCUT2D eigenvalue weighted by Crippen LogP contribution is 2.45. The summed E-state index contributed by atoms with van der Waals surface area (Å²) < 4.78 is 10.6. The SMILES string of the molecule is C=CCOC(=O)N1CCOC[C@H]1/C=C(\C)C1=C(C(=O)O)N2C(=O)[C@H]([C@@H](C)O)[C@H]2C1. The second kappa shape index (κ2) is 8.38. The molecule has 2 N–H and O–H groups in total. The van der Waals surface area contributed by atoms with E-state index in [-0.39, 0.29) is 30.9 Å². The lowest BCUT2D eigenvalue weighted by Gasteiger charge is -2.44. The van der Waals surface area contributed by atoms with Crippen LogP contribution < -0.4 is 0 Å². The molecular weight excluding hydrogens is 380 g/mol. The van der Waals surface area contributed by atoms with Crippen molar-refractivity contribution in [1.82, 2.24) is 9.80 Å². The third kappa shape index (κ3) is 3.79. The highest BCUT2D eigenvalue weighted by atomic mass is 16.6. The topological polar surface area (TPSA) is 117 Å². The van der Waals surface area contributed by atoms with E-state index in [1.165, 1.54) is 22.8 Å². The Morgan fingerprint density at radius 2 is 2.17 bits per heavy atom. The maximum absolute atomic E-state index is 12.4. The van der Waals surface area contributed by atoms with E-state index in [2.05, 4.69) is 6.58 Å². The van der Waals surface area contributed by atoms with Crippen LogP contribution in [0.25, 0.3) is 0 Å². The van der Waals surface area contributed by atoms with Crippen molar-refractivity contribution in [2.45, 2.75) is 38.5 Å². The van der Waals surface area contributed by atoms with Crippen LogP contribution in [0.2, 0.25) is 0 Å². The van der Waals surface area contributed by atoms with Crippen LogP contribution in [-0.4, -0.2) is 82.5 Å². The molecule has 29 heavy (non-hydrogen) atoms. The third-order valence-corrected chi connectivity index (χ3v) is 5.57. The Kier molecular flexibility index (Phi) is 6.09. The Morgan fingerprint density at radius 1 is 1.45 bits per heavy atom. The number of carboxylic acid groups (broad SMARTS) is 1. The molecule has 3 rings (SSSR count). The molecule has 158 valence electrons. The number of hydrogen-bond acceptors (Lipinski definition) is 6. The van der Waals surface area contributed by atoms with Gasteiger partial charge in [0.2, 0.25) is 5.91 Å². The van der Waals surface area contributed by atoms with E-state index in [9.17, 15) is 24.6 Å². The number of aliphatic hydroxyl groups excluding tert-OH is 1. The quantitative estimate of drug-likeness (QED) is 0.497. The summed E-state index contributed by atoms with van der Waals surface area (Å²) in [6.45, 7) is 7.91. The monoisotopic (exact) mass is 406 g/mol. The van der Waals surface area contributed by atoms with Crippen molar-refractivity contribution in [2.75, 3.05) is 26.4 Å². The molecule has 3 aliphatic rings. The molecule has 9 nitrogen and oxygen atoms in total. The van der Waals surface area contributed by atoms with Gasteiger partial charge in [-0.05, 0) is 31.4 Å².